The van der Waals surface area contributed by atoms with Crippen LogP contribution in [0, 0.1) is 0 Å². The van der Waals surface area contributed by atoms with Crippen LogP contribution in [0.1, 0.15) is 0 Å². The molecule has 1 heteroatoms. The second-order valence-electron chi connectivity index (χ2n) is 12.9. The molecule has 0 bridgehead atoms. The highest BCUT2D eigenvalue weighted by Crippen LogP contribution is 2.50. The molecule has 0 aliphatic heterocycles. The first-order valence-corrected chi connectivity index (χ1v) is 16.9. The number of rotatable bonds is 4. The van der Waals surface area contributed by atoms with Gasteiger partial charge in [-0.25, -0.2) is 0 Å². The van der Waals surface area contributed by atoms with E-state index in [1.54, 1.807) is 0 Å². The lowest BCUT2D eigenvalue weighted by molar-refractivity contribution is 1.32. The number of hydrogen-bond acceptors (Lipinski definition) is 1. The Morgan fingerprint density at radius 2 is 0.755 bits per heavy atom. The molecule has 10 aromatic carbocycles. The van der Waals surface area contributed by atoms with Gasteiger partial charge >= 0.3 is 0 Å². The van der Waals surface area contributed by atoms with E-state index in [-0.39, 0.29) is 0 Å². The van der Waals surface area contributed by atoms with E-state index in [9.17, 15) is 0 Å². The summed E-state index contributed by atoms with van der Waals surface area (Å²) in [7, 11) is 0. The van der Waals surface area contributed by atoms with Crippen molar-refractivity contribution in [1.29, 1.82) is 0 Å². The van der Waals surface area contributed by atoms with E-state index < -0.39 is 0 Å². The van der Waals surface area contributed by atoms with Gasteiger partial charge in [-0.05, 0) is 107 Å². The average molecular weight is 622 g/mol. The lowest BCUT2D eigenvalue weighted by Gasteiger charge is -2.30. The monoisotopic (exact) mass is 621 g/mol. The van der Waals surface area contributed by atoms with Crippen molar-refractivity contribution in [3.63, 3.8) is 0 Å². The van der Waals surface area contributed by atoms with Crippen molar-refractivity contribution in [2.24, 2.45) is 0 Å². The van der Waals surface area contributed by atoms with Crippen LogP contribution in [0.3, 0.4) is 0 Å². The minimum Gasteiger partial charge on any atom is -0.309 e. The first-order valence-electron chi connectivity index (χ1n) is 16.9. The topological polar surface area (TPSA) is 3.24 Å². The van der Waals surface area contributed by atoms with Crippen molar-refractivity contribution in [2.45, 2.75) is 0 Å². The third-order valence-corrected chi connectivity index (χ3v) is 10.1. The Morgan fingerprint density at radius 1 is 0.265 bits per heavy atom. The van der Waals surface area contributed by atoms with E-state index in [1.807, 2.05) is 0 Å². The predicted octanol–water partition coefficient (Wildman–Crippen LogP) is 13.7. The van der Waals surface area contributed by atoms with E-state index in [0.29, 0.717) is 0 Å². The van der Waals surface area contributed by atoms with Crippen LogP contribution in [0.15, 0.2) is 188 Å². The van der Waals surface area contributed by atoms with Crippen LogP contribution >= 0.6 is 0 Å². The SMILES string of the molecule is c1ccc(N(c2ccc3ccccc3c2)c2c3ccccc3c(-c3cc4ccccc4c4cc5ccccc5cc34)c3ccccc23)cc1. The zero-order valence-electron chi connectivity index (χ0n) is 26.8. The maximum absolute atomic E-state index is 2.45. The molecule has 0 amide bonds. The summed E-state index contributed by atoms with van der Waals surface area (Å²) in [6.45, 7) is 0. The number of anilines is 3. The fourth-order valence-corrected chi connectivity index (χ4v) is 7.93. The Morgan fingerprint density at radius 3 is 1.41 bits per heavy atom. The van der Waals surface area contributed by atoms with Crippen LogP contribution < -0.4 is 4.90 Å². The minimum absolute atomic E-state index is 1.13. The van der Waals surface area contributed by atoms with Crippen LogP contribution in [0.4, 0.5) is 17.1 Å². The summed E-state index contributed by atoms with van der Waals surface area (Å²) in [5.41, 5.74) is 5.98. The Hall–Kier alpha value is -6.44. The van der Waals surface area contributed by atoms with Crippen molar-refractivity contribution in [2.75, 3.05) is 4.90 Å². The van der Waals surface area contributed by atoms with Crippen LogP contribution in [0.25, 0.3) is 75.8 Å². The Labute approximate surface area is 284 Å². The van der Waals surface area contributed by atoms with Gasteiger partial charge < -0.3 is 4.90 Å². The van der Waals surface area contributed by atoms with Crippen LogP contribution in [-0.4, -0.2) is 0 Å². The zero-order valence-corrected chi connectivity index (χ0v) is 26.8. The van der Waals surface area contributed by atoms with Crippen molar-refractivity contribution < 1.29 is 0 Å². The summed E-state index contributed by atoms with van der Waals surface area (Å²) in [5, 5.41) is 15.0. The molecule has 10 aromatic rings. The van der Waals surface area contributed by atoms with Gasteiger partial charge in [-0.2, -0.15) is 0 Å². The number of hydrogen-bond donors (Lipinski definition) is 0. The summed E-state index contributed by atoms with van der Waals surface area (Å²) < 4.78 is 0. The van der Waals surface area contributed by atoms with Crippen LogP contribution in [0.2, 0.25) is 0 Å². The summed E-state index contributed by atoms with van der Waals surface area (Å²) in [5.74, 6) is 0. The Bertz CT molecular complexity index is 2830. The molecule has 1 nitrogen and oxygen atoms in total. The summed E-state index contributed by atoms with van der Waals surface area (Å²) in [6, 6.07) is 68.9. The van der Waals surface area contributed by atoms with Gasteiger partial charge in [0, 0.05) is 22.1 Å². The standard InChI is InChI=1S/C48H31N/c1-2-19-37(20-3-1)49(38-27-26-32-14-4-5-15-33(32)28-38)48-42-24-12-10-22-40(42)47(41-23-11-13-25-43(41)48)46-31-36-18-8-9-21-39(36)44-29-34-16-6-7-17-35(34)30-45(44)46/h1-31H. The maximum atomic E-state index is 2.45. The highest BCUT2D eigenvalue weighted by molar-refractivity contribution is 6.27. The molecule has 0 atom stereocenters. The second-order valence-corrected chi connectivity index (χ2v) is 12.9. The number of benzene rings is 10. The van der Waals surface area contributed by atoms with Gasteiger partial charge in [-0.15, -0.1) is 0 Å². The molecule has 0 aliphatic carbocycles. The minimum atomic E-state index is 1.13. The number of para-hydroxylation sites is 1. The zero-order chi connectivity index (χ0) is 32.3. The molecule has 49 heavy (non-hydrogen) atoms. The Kier molecular flexibility index (Phi) is 6.25. The summed E-state index contributed by atoms with van der Waals surface area (Å²) in [4.78, 5) is 2.45. The fourth-order valence-electron chi connectivity index (χ4n) is 7.93. The van der Waals surface area contributed by atoms with Crippen molar-refractivity contribution >= 4 is 81.7 Å². The smallest absolute Gasteiger partial charge is 0.0618 e. The van der Waals surface area contributed by atoms with E-state index in [2.05, 4.69) is 193 Å². The highest BCUT2D eigenvalue weighted by Gasteiger charge is 2.23. The maximum Gasteiger partial charge on any atom is 0.0618 e. The third-order valence-electron chi connectivity index (χ3n) is 10.1. The van der Waals surface area contributed by atoms with E-state index in [0.717, 1.165) is 11.4 Å². The lowest BCUT2D eigenvalue weighted by atomic mass is 9.85. The van der Waals surface area contributed by atoms with E-state index >= 15 is 0 Å². The lowest BCUT2D eigenvalue weighted by Crippen LogP contribution is -2.11. The molecule has 0 aromatic heterocycles. The van der Waals surface area contributed by atoms with Crippen molar-refractivity contribution in [1.82, 2.24) is 0 Å². The van der Waals surface area contributed by atoms with E-state index in [4.69, 9.17) is 0 Å². The molecule has 0 N–H and O–H groups in total. The van der Waals surface area contributed by atoms with E-state index in [1.165, 1.54) is 81.4 Å². The van der Waals surface area contributed by atoms with Crippen molar-refractivity contribution in [3.8, 4) is 11.1 Å². The molecule has 0 spiro atoms. The number of nitrogens with zero attached hydrogens (tertiary/aromatic N) is 1. The van der Waals surface area contributed by atoms with Crippen LogP contribution in [0.5, 0.6) is 0 Å². The Balaban J connectivity index is 1.36. The summed E-state index contributed by atoms with van der Waals surface area (Å²) in [6.07, 6.45) is 0. The van der Waals surface area contributed by atoms with Gasteiger partial charge in [-0.1, -0.05) is 146 Å². The molecule has 0 heterocycles. The molecule has 0 saturated carbocycles. The molecule has 0 unspecified atom stereocenters. The third kappa shape index (κ3) is 4.40. The molecule has 0 aliphatic rings. The van der Waals surface area contributed by atoms with Crippen molar-refractivity contribution in [3.05, 3.63) is 188 Å². The highest BCUT2D eigenvalue weighted by atomic mass is 15.1. The second kappa shape index (κ2) is 11.1. The molecule has 228 valence electrons. The van der Waals surface area contributed by atoms with Gasteiger partial charge in [0.2, 0.25) is 0 Å². The molecule has 0 fully saturated rings. The van der Waals surface area contributed by atoms with Crippen LogP contribution in [-0.2, 0) is 0 Å². The quantitative estimate of drug-likeness (QED) is 0.140. The van der Waals surface area contributed by atoms with Gasteiger partial charge in [0.25, 0.3) is 0 Å². The average Bonchev–Trinajstić information content (AvgIpc) is 3.17. The van der Waals surface area contributed by atoms with Gasteiger partial charge in [0.1, 0.15) is 0 Å². The van der Waals surface area contributed by atoms with Gasteiger partial charge in [0.15, 0.2) is 0 Å². The molecule has 0 radical (unpaired) electrons. The fraction of sp³-hybridized carbons (Fsp3) is 0. The van der Waals surface area contributed by atoms with Gasteiger partial charge in [-0.3, -0.25) is 0 Å². The number of fused-ring (bicyclic) bond motifs is 7. The molecule has 0 saturated heterocycles. The first kappa shape index (κ1) is 27.7. The molecular formula is C48H31N. The predicted molar refractivity (Wildman–Crippen MR) is 212 cm³/mol. The van der Waals surface area contributed by atoms with Gasteiger partial charge in [0.05, 0.1) is 5.69 Å². The largest absolute Gasteiger partial charge is 0.309 e. The first-order chi connectivity index (χ1) is 24.3. The summed E-state index contributed by atoms with van der Waals surface area (Å²) >= 11 is 0. The molecule has 10 rings (SSSR count). The normalized spacial score (nSPS) is 11.7. The molecular weight excluding hydrogens is 591 g/mol.